The van der Waals surface area contributed by atoms with Gasteiger partial charge in [-0.25, -0.2) is 0 Å². The second kappa shape index (κ2) is 3.79. The lowest BCUT2D eigenvalue weighted by Crippen LogP contribution is -2.00. The molecule has 0 amide bonds. The summed E-state index contributed by atoms with van der Waals surface area (Å²) in [5.41, 5.74) is 1.22. The van der Waals surface area contributed by atoms with E-state index in [-0.39, 0.29) is 5.38 Å². The van der Waals surface area contributed by atoms with Crippen LogP contribution in [0.25, 0.3) is 0 Å². The molecule has 0 heterocycles. The molecule has 1 atom stereocenters. The molecule has 0 saturated carbocycles. The Labute approximate surface area is 66.3 Å². The van der Waals surface area contributed by atoms with Crippen LogP contribution >= 0.6 is 11.6 Å². The van der Waals surface area contributed by atoms with Crippen molar-refractivity contribution in [2.45, 2.75) is 11.8 Å². The van der Waals surface area contributed by atoms with E-state index in [2.05, 4.69) is 6.08 Å². The first kappa shape index (κ1) is 7.83. The quantitative estimate of drug-likeness (QED) is 0.560. The first-order valence-corrected chi connectivity index (χ1v) is 3.77. The Hall–Kier alpha value is -0.270. The van der Waals surface area contributed by atoms with Crippen LogP contribution in [0.2, 0.25) is 0 Å². The predicted octanol–water partition coefficient (Wildman–Crippen LogP) is 2.13. The highest BCUT2D eigenvalue weighted by atomic mass is 35.5. The molecule has 10 heavy (non-hydrogen) atoms. The topological polar surface area (TPSA) is 9.23 Å². The summed E-state index contributed by atoms with van der Waals surface area (Å²) in [6.07, 6.45) is 7.05. The number of methoxy groups -OCH3 is 1. The molecule has 56 valence electrons. The molecule has 0 aromatic heterocycles. The molecule has 1 aliphatic carbocycles. The highest BCUT2D eigenvalue weighted by Gasteiger charge is 2.03. The second-order valence-electron chi connectivity index (χ2n) is 2.32. The van der Waals surface area contributed by atoms with Crippen LogP contribution in [0.3, 0.4) is 0 Å². The van der Waals surface area contributed by atoms with E-state index in [0.717, 1.165) is 6.42 Å². The molecule has 1 aliphatic rings. The Kier molecular flexibility index (Phi) is 2.97. The Morgan fingerprint density at radius 3 is 3.10 bits per heavy atom. The number of hydrogen-bond acceptors (Lipinski definition) is 1. The van der Waals surface area contributed by atoms with E-state index in [0.29, 0.717) is 6.61 Å². The molecule has 0 fully saturated rings. The van der Waals surface area contributed by atoms with Gasteiger partial charge >= 0.3 is 0 Å². The summed E-state index contributed by atoms with van der Waals surface area (Å²) < 4.78 is 4.95. The fraction of sp³-hybridized carbons (Fsp3) is 0.500. The van der Waals surface area contributed by atoms with Crippen LogP contribution in [-0.2, 0) is 4.74 Å². The monoisotopic (exact) mass is 158 g/mol. The van der Waals surface area contributed by atoms with Crippen molar-refractivity contribution in [1.29, 1.82) is 0 Å². The fourth-order valence-electron chi connectivity index (χ4n) is 0.912. The van der Waals surface area contributed by atoms with Crippen molar-refractivity contribution in [2.24, 2.45) is 0 Å². The summed E-state index contributed by atoms with van der Waals surface area (Å²) in [6.45, 7) is 0.695. The molecule has 0 radical (unpaired) electrons. The maximum atomic E-state index is 5.81. The third-order valence-electron chi connectivity index (χ3n) is 1.44. The number of halogens is 1. The number of ether oxygens (including phenoxy) is 1. The van der Waals surface area contributed by atoms with Crippen LogP contribution in [0.5, 0.6) is 0 Å². The average molecular weight is 159 g/mol. The zero-order valence-corrected chi connectivity index (χ0v) is 6.77. The fourth-order valence-corrected chi connectivity index (χ4v) is 1.07. The van der Waals surface area contributed by atoms with Gasteiger partial charge in [0.1, 0.15) is 0 Å². The SMILES string of the molecule is COCC1=CCC(Cl)C=C1. The van der Waals surface area contributed by atoms with E-state index in [1.807, 2.05) is 12.2 Å². The van der Waals surface area contributed by atoms with E-state index in [9.17, 15) is 0 Å². The van der Waals surface area contributed by atoms with Gasteiger partial charge < -0.3 is 4.74 Å². The normalized spacial score (nSPS) is 24.6. The first-order valence-electron chi connectivity index (χ1n) is 3.33. The number of rotatable bonds is 2. The zero-order chi connectivity index (χ0) is 7.40. The van der Waals surface area contributed by atoms with E-state index in [1.54, 1.807) is 7.11 Å². The van der Waals surface area contributed by atoms with Crippen molar-refractivity contribution in [3.8, 4) is 0 Å². The molecule has 0 aliphatic heterocycles. The molecule has 1 unspecified atom stereocenters. The molecule has 2 heteroatoms. The van der Waals surface area contributed by atoms with Crippen molar-refractivity contribution in [3.05, 3.63) is 23.8 Å². The molecule has 0 N–H and O–H groups in total. The summed E-state index contributed by atoms with van der Waals surface area (Å²) in [6, 6.07) is 0. The lowest BCUT2D eigenvalue weighted by atomic mass is 10.1. The Morgan fingerprint density at radius 2 is 2.60 bits per heavy atom. The van der Waals surface area contributed by atoms with Gasteiger partial charge in [-0.05, 0) is 12.0 Å². The minimum absolute atomic E-state index is 0.181. The summed E-state index contributed by atoms with van der Waals surface area (Å²) in [5.74, 6) is 0. The van der Waals surface area contributed by atoms with Crippen LogP contribution in [0.1, 0.15) is 6.42 Å². The van der Waals surface area contributed by atoms with Crippen LogP contribution in [0.4, 0.5) is 0 Å². The van der Waals surface area contributed by atoms with Crippen LogP contribution in [-0.4, -0.2) is 19.1 Å². The van der Waals surface area contributed by atoms with Crippen molar-refractivity contribution < 1.29 is 4.74 Å². The predicted molar refractivity (Wildman–Crippen MR) is 43.4 cm³/mol. The lowest BCUT2D eigenvalue weighted by Gasteiger charge is -2.08. The van der Waals surface area contributed by atoms with Gasteiger partial charge in [0.15, 0.2) is 0 Å². The smallest absolute Gasteiger partial charge is 0.0709 e. The maximum Gasteiger partial charge on any atom is 0.0709 e. The highest BCUT2D eigenvalue weighted by Crippen LogP contribution is 2.14. The maximum absolute atomic E-state index is 5.81. The molecule has 1 nitrogen and oxygen atoms in total. The van der Waals surface area contributed by atoms with E-state index >= 15 is 0 Å². The summed E-state index contributed by atoms with van der Waals surface area (Å²) >= 11 is 5.81. The van der Waals surface area contributed by atoms with Gasteiger partial charge in [0.05, 0.1) is 12.0 Å². The van der Waals surface area contributed by atoms with Gasteiger partial charge in [-0.15, -0.1) is 11.6 Å². The van der Waals surface area contributed by atoms with Gasteiger partial charge in [0.2, 0.25) is 0 Å². The van der Waals surface area contributed by atoms with Gasteiger partial charge in [0, 0.05) is 7.11 Å². The molecule has 0 aromatic rings. The average Bonchev–Trinajstić information content (AvgIpc) is 1.95. The molecule has 0 aromatic carbocycles. The number of allylic oxidation sites excluding steroid dienone is 2. The number of alkyl halides is 1. The van der Waals surface area contributed by atoms with Gasteiger partial charge in [-0.3, -0.25) is 0 Å². The van der Waals surface area contributed by atoms with Crippen LogP contribution < -0.4 is 0 Å². The van der Waals surface area contributed by atoms with E-state index < -0.39 is 0 Å². The van der Waals surface area contributed by atoms with Crippen molar-refractivity contribution in [2.75, 3.05) is 13.7 Å². The Bertz CT molecular complexity index is 161. The van der Waals surface area contributed by atoms with Crippen LogP contribution in [0.15, 0.2) is 23.8 Å². The highest BCUT2D eigenvalue weighted by molar-refractivity contribution is 6.22. The summed E-state index contributed by atoms with van der Waals surface area (Å²) in [5, 5.41) is 0.181. The molecular weight excluding hydrogens is 148 g/mol. The zero-order valence-electron chi connectivity index (χ0n) is 6.01. The van der Waals surface area contributed by atoms with Gasteiger partial charge in [-0.1, -0.05) is 18.2 Å². The largest absolute Gasteiger partial charge is 0.380 e. The lowest BCUT2D eigenvalue weighted by molar-refractivity contribution is 0.228. The van der Waals surface area contributed by atoms with E-state index in [4.69, 9.17) is 16.3 Å². The molecule has 0 bridgehead atoms. The minimum Gasteiger partial charge on any atom is -0.380 e. The van der Waals surface area contributed by atoms with Crippen molar-refractivity contribution >= 4 is 11.6 Å². The van der Waals surface area contributed by atoms with Crippen LogP contribution in [0, 0.1) is 0 Å². The summed E-state index contributed by atoms with van der Waals surface area (Å²) in [7, 11) is 1.70. The first-order chi connectivity index (χ1) is 4.83. The number of hydrogen-bond donors (Lipinski definition) is 0. The Balaban J connectivity index is 2.42. The summed E-state index contributed by atoms with van der Waals surface area (Å²) in [4.78, 5) is 0. The van der Waals surface area contributed by atoms with Crippen molar-refractivity contribution in [1.82, 2.24) is 0 Å². The minimum atomic E-state index is 0.181. The second-order valence-corrected chi connectivity index (χ2v) is 2.88. The molecular formula is C8H11ClO. The molecule has 1 rings (SSSR count). The van der Waals surface area contributed by atoms with Gasteiger partial charge in [-0.2, -0.15) is 0 Å². The molecule has 0 spiro atoms. The van der Waals surface area contributed by atoms with Crippen molar-refractivity contribution in [3.63, 3.8) is 0 Å². The third-order valence-corrected chi connectivity index (χ3v) is 1.76. The Morgan fingerprint density at radius 1 is 1.80 bits per heavy atom. The standard InChI is InChI=1S/C8H11ClO/c1-10-6-7-2-4-8(9)5-3-7/h2-4,8H,5-6H2,1H3. The van der Waals surface area contributed by atoms with E-state index in [1.165, 1.54) is 5.57 Å². The third kappa shape index (κ3) is 2.16. The van der Waals surface area contributed by atoms with Gasteiger partial charge in [0.25, 0.3) is 0 Å². The molecule has 0 saturated heterocycles.